The quantitative estimate of drug-likeness (QED) is 0.231. The Kier molecular flexibility index (Phi) is 9.40. The molecule has 0 saturated heterocycles. The number of rotatable bonds is 8. The number of carbonyl (C=O) groups is 1. The highest BCUT2D eigenvalue weighted by Crippen LogP contribution is 2.27. The van der Waals surface area contributed by atoms with Crippen LogP contribution >= 0.6 is 11.8 Å². The molecule has 0 radical (unpaired) electrons. The number of halogens is 1. The zero-order valence-electron chi connectivity index (χ0n) is 23.3. The summed E-state index contributed by atoms with van der Waals surface area (Å²) >= 11 is 1.71. The third-order valence-electron chi connectivity index (χ3n) is 6.38. The first-order valence-electron chi connectivity index (χ1n) is 13.2. The van der Waals surface area contributed by atoms with Crippen molar-refractivity contribution in [3.63, 3.8) is 0 Å². The maximum absolute atomic E-state index is 14.5. The number of amides is 1. The van der Waals surface area contributed by atoms with E-state index >= 15 is 0 Å². The summed E-state index contributed by atoms with van der Waals surface area (Å²) in [5, 5.41) is 0. The predicted molar refractivity (Wildman–Crippen MR) is 153 cm³/mol. The van der Waals surface area contributed by atoms with Crippen molar-refractivity contribution in [1.82, 2.24) is 9.88 Å². The largest absolute Gasteiger partial charge is 0.596 e. The Morgan fingerprint density at radius 1 is 1.13 bits per heavy atom. The molecule has 1 unspecified atom stereocenters. The minimum Gasteiger partial charge on any atom is -0.468 e. The van der Waals surface area contributed by atoms with Crippen LogP contribution in [0.5, 0.6) is 5.88 Å². The molecule has 8 heteroatoms. The normalized spacial score (nSPS) is 15.2. The van der Waals surface area contributed by atoms with Gasteiger partial charge in [0.15, 0.2) is 12.3 Å². The number of carbonyl (C=O) groups excluding carboxylic acids is 1. The lowest BCUT2D eigenvalue weighted by Crippen LogP contribution is -2.48. The summed E-state index contributed by atoms with van der Waals surface area (Å²) in [4.78, 5) is 20.4. The Balaban J connectivity index is 1.46. The van der Waals surface area contributed by atoms with Gasteiger partial charge in [-0.3, -0.25) is 4.90 Å². The van der Waals surface area contributed by atoms with Crippen molar-refractivity contribution in [3.8, 4) is 5.88 Å². The smallest absolute Gasteiger partial charge is 0.468 e. The number of ether oxygens (including phenoxy) is 2. The summed E-state index contributed by atoms with van der Waals surface area (Å²) in [5.74, 6) is 1.08. The van der Waals surface area contributed by atoms with Crippen molar-refractivity contribution >= 4 is 23.6 Å². The average molecular weight is 551 g/mol. The van der Waals surface area contributed by atoms with E-state index in [2.05, 4.69) is 22.0 Å². The van der Waals surface area contributed by atoms with Crippen LogP contribution < -0.4 is 4.74 Å². The Hall–Kier alpha value is -3.23. The molecule has 0 fully saturated rings. The predicted octanol–water partition coefficient (Wildman–Crippen LogP) is 6.67. The zero-order valence-corrected chi connectivity index (χ0v) is 24.1. The fraction of sp³-hybridized carbons (Fsp3) is 0.387. The molecule has 1 atom stereocenters. The highest BCUT2D eigenvalue weighted by Gasteiger charge is 2.33. The molecular formula is C31H37FN3O3S+. The molecule has 6 nitrogen and oxygen atoms in total. The van der Waals surface area contributed by atoms with Crippen LogP contribution in [0.2, 0.25) is 0 Å². The highest BCUT2D eigenvalue weighted by molar-refractivity contribution is 7.98. The van der Waals surface area contributed by atoms with Crippen LogP contribution in [0.4, 0.5) is 9.18 Å². The third kappa shape index (κ3) is 8.38. The molecular weight excluding hydrogens is 513 g/mol. The second-order valence-corrected chi connectivity index (χ2v) is 11.9. The van der Waals surface area contributed by atoms with E-state index in [1.807, 2.05) is 70.3 Å². The molecule has 0 spiro atoms. The van der Waals surface area contributed by atoms with Crippen molar-refractivity contribution in [2.45, 2.75) is 57.0 Å². The van der Waals surface area contributed by atoms with E-state index < -0.39 is 11.7 Å². The lowest BCUT2D eigenvalue weighted by atomic mass is 10.1. The SMILES string of the molecule is CC1=[N+](C(=O)OC(C)(C)C)CCN(CC(Oc2ccc(SCc3ccccc3)cn2)c2ccc(C)c(F)c2)C1. The number of thioether (sulfide) groups is 1. The monoisotopic (exact) mass is 550 g/mol. The van der Waals surface area contributed by atoms with Crippen molar-refractivity contribution in [3.05, 3.63) is 89.4 Å². The lowest BCUT2D eigenvalue weighted by molar-refractivity contribution is -0.458. The van der Waals surface area contributed by atoms with E-state index in [0.717, 1.165) is 21.9 Å². The Bertz CT molecular complexity index is 1310. The van der Waals surface area contributed by atoms with Gasteiger partial charge in [0.25, 0.3) is 0 Å². The molecule has 1 amide bonds. The topological polar surface area (TPSA) is 54.7 Å². The van der Waals surface area contributed by atoms with Crippen LogP contribution in [0.15, 0.2) is 71.8 Å². The van der Waals surface area contributed by atoms with Gasteiger partial charge in [0.2, 0.25) is 5.88 Å². The van der Waals surface area contributed by atoms with Gasteiger partial charge in [-0.15, -0.1) is 16.3 Å². The van der Waals surface area contributed by atoms with Gasteiger partial charge < -0.3 is 9.47 Å². The standard InChI is InChI=1S/C31H37FN3O3S/c1-22-11-12-25(17-27(22)32)28(20-34-15-16-35(23(2)19-34)30(36)38-31(3,4)5)37-29-14-13-26(18-33-29)39-21-24-9-7-6-8-10-24/h6-14,17-18,28H,15-16,19-21H2,1-5H3/q+1. The molecule has 39 heavy (non-hydrogen) atoms. The first kappa shape index (κ1) is 28.8. The Labute approximate surface area is 234 Å². The molecule has 0 N–H and O–H groups in total. The van der Waals surface area contributed by atoms with Crippen molar-refractivity contribution in [2.24, 2.45) is 0 Å². The summed E-state index contributed by atoms with van der Waals surface area (Å²) in [6, 6.07) is 19.4. The molecule has 1 aromatic heterocycles. The van der Waals surface area contributed by atoms with E-state index in [9.17, 15) is 9.18 Å². The van der Waals surface area contributed by atoms with Crippen molar-refractivity contribution < 1.29 is 23.2 Å². The molecule has 4 rings (SSSR count). The summed E-state index contributed by atoms with van der Waals surface area (Å²) in [7, 11) is 0. The fourth-order valence-corrected chi connectivity index (χ4v) is 5.12. The molecule has 3 aromatic rings. The Morgan fingerprint density at radius 3 is 2.54 bits per heavy atom. The maximum Gasteiger partial charge on any atom is 0.596 e. The third-order valence-corrected chi connectivity index (χ3v) is 7.43. The van der Waals surface area contributed by atoms with Crippen LogP contribution in [-0.2, 0) is 10.5 Å². The first-order chi connectivity index (χ1) is 18.6. The van der Waals surface area contributed by atoms with E-state index in [0.29, 0.717) is 37.6 Å². The van der Waals surface area contributed by atoms with Crippen LogP contribution in [0.1, 0.15) is 50.5 Å². The first-order valence-corrected chi connectivity index (χ1v) is 14.2. The summed E-state index contributed by atoms with van der Waals surface area (Å²) in [6.07, 6.45) is 1.05. The Morgan fingerprint density at radius 2 is 1.90 bits per heavy atom. The van der Waals surface area contributed by atoms with Gasteiger partial charge >= 0.3 is 6.09 Å². The number of aromatic nitrogens is 1. The van der Waals surface area contributed by atoms with Crippen LogP contribution in [0.25, 0.3) is 0 Å². The number of hydrogen-bond donors (Lipinski definition) is 0. The zero-order chi connectivity index (χ0) is 28.0. The summed E-state index contributed by atoms with van der Waals surface area (Å²) in [6.45, 7) is 11.5. The van der Waals surface area contributed by atoms with Crippen LogP contribution in [0, 0.1) is 12.7 Å². The number of pyridine rings is 1. The minimum atomic E-state index is -0.550. The van der Waals surface area contributed by atoms with E-state index in [1.165, 1.54) is 11.6 Å². The van der Waals surface area contributed by atoms with Gasteiger partial charge in [0.05, 0.1) is 13.1 Å². The molecule has 2 heterocycles. The van der Waals surface area contributed by atoms with Crippen molar-refractivity contribution in [1.29, 1.82) is 0 Å². The summed E-state index contributed by atoms with van der Waals surface area (Å²) < 4.78 is 28.1. The molecule has 1 aliphatic rings. The summed E-state index contributed by atoms with van der Waals surface area (Å²) in [5.41, 5.74) is 2.94. The van der Waals surface area contributed by atoms with Gasteiger partial charge in [-0.1, -0.05) is 42.5 Å². The van der Waals surface area contributed by atoms with Gasteiger partial charge in [0, 0.05) is 36.4 Å². The minimum absolute atomic E-state index is 0.265. The lowest BCUT2D eigenvalue weighted by Gasteiger charge is -2.29. The highest BCUT2D eigenvalue weighted by atomic mass is 32.2. The van der Waals surface area contributed by atoms with E-state index in [1.54, 1.807) is 29.3 Å². The van der Waals surface area contributed by atoms with Gasteiger partial charge in [-0.05, 0) is 56.5 Å². The number of nitrogens with zero attached hydrogens (tertiary/aromatic N) is 3. The van der Waals surface area contributed by atoms with Crippen LogP contribution in [0.3, 0.4) is 0 Å². The van der Waals surface area contributed by atoms with Crippen LogP contribution in [-0.4, -0.2) is 58.0 Å². The van der Waals surface area contributed by atoms with Crippen molar-refractivity contribution in [2.75, 3.05) is 26.2 Å². The van der Waals surface area contributed by atoms with E-state index in [4.69, 9.17) is 9.47 Å². The molecule has 206 valence electrons. The fourth-order valence-electron chi connectivity index (χ4n) is 4.30. The molecule has 0 bridgehead atoms. The molecule has 0 aliphatic carbocycles. The average Bonchev–Trinajstić information content (AvgIpc) is 2.89. The second kappa shape index (κ2) is 12.7. The maximum atomic E-state index is 14.5. The molecule has 0 saturated carbocycles. The number of hydrogen-bond acceptors (Lipinski definition) is 6. The van der Waals surface area contributed by atoms with Gasteiger partial charge in [-0.25, -0.2) is 9.37 Å². The van der Waals surface area contributed by atoms with Gasteiger partial charge in [0.1, 0.15) is 17.5 Å². The molecule has 1 aliphatic heterocycles. The molecule has 2 aromatic carbocycles. The number of benzene rings is 2. The second-order valence-electron chi connectivity index (χ2n) is 10.8. The van der Waals surface area contributed by atoms with E-state index in [-0.39, 0.29) is 11.9 Å². The number of aryl methyl sites for hydroxylation is 1. The van der Waals surface area contributed by atoms with Gasteiger partial charge in [-0.2, -0.15) is 4.79 Å².